The summed E-state index contributed by atoms with van der Waals surface area (Å²) in [4.78, 5) is 15.1. The molecule has 0 atom stereocenters. The molecule has 1 aromatic heterocycles. The lowest BCUT2D eigenvalue weighted by Crippen LogP contribution is -2.18. The number of rotatable bonds is 4. The highest BCUT2D eigenvalue weighted by atomic mass is 79.9. The van der Waals surface area contributed by atoms with E-state index in [4.69, 9.17) is 0 Å². The monoisotopic (exact) mass is 391 g/mol. The van der Waals surface area contributed by atoms with Crippen LogP contribution in [-0.4, -0.2) is 10.9 Å². The summed E-state index contributed by atoms with van der Waals surface area (Å²) in [6.07, 6.45) is -3.49. The summed E-state index contributed by atoms with van der Waals surface area (Å²) in [7, 11) is 0. The molecule has 22 heavy (non-hydrogen) atoms. The van der Waals surface area contributed by atoms with E-state index in [0.717, 1.165) is 24.4 Å². The molecule has 9 heteroatoms. The number of nitrogens with zero attached hydrogens (tertiary/aromatic N) is 1. The molecule has 1 aromatic carbocycles. The zero-order chi connectivity index (χ0) is 16.2. The van der Waals surface area contributed by atoms with Crippen molar-refractivity contribution in [2.75, 3.05) is 4.72 Å². The highest BCUT2D eigenvalue weighted by Gasteiger charge is 2.33. The molecule has 0 fully saturated rings. The van der Waals surface area contributed by atoms with Crippen LogP contribution in [0.2, 0.25) is 0 Å². The Morgan fingerprint density at radius 2 is 1.91 bits per heavy atom. The molecule has 2 aromatic rings. The molecule has 1 amide bonds. The molecule has 0 aliphatic carbocycles. The second-order valence-electron chi connectivity index (χ2n) is 4.05. The molecule has 1 heterocycles. The Balaban J connectivity index is 1.99. The van der Waals surface area contributed by atoms with Gasteiger partial charge < -0.3 is 4.72 Å². The summed E-state index contributed by atoms with van der Waals surface area (Å²) in [6, 6.07) is 9.30. The standard InChI is InChI=1S/C13H9BrF3N3OS/c14-9-7-18-11(13(15,16)17)6-10(9)19-22-20-12(21)8-4-2-1-3-5-8/h1-7H,(H,18,19)(H,20,21). The van der Waals surface area contributed by atoms with Crippen molar-refractivity contribution in [2.24, 2.45) is 0 Å². The van der Waals surface area contributed by atoms with Gasteiger partial charge in [0.25, 0.3) is 5.91 Å². The molecule has 2 rings (SSSR count). The van der Waals surface area contributed by atoms with Crippen molar-refractivity contribution in [1.29, 1.82) is 0 Å². The van der Waals surface area contributed by atoms with Crippen LogP contribution < -0.4 is 9.44 Å². The summed E-state index contributed by atoms with van der Waals surface area (Å²) in [5.74, 6) is -0.362. The van der Waals surface area contributed by atoms with Crippen LogP contribution in [0.3, 0.4) is 0 Å². The molecule has 2 N–H and O–H groups in total. The number of halogens is 4. The van der Waals surface area contributed by atoms with Gasteiger partial charge in [-0.05, 0) is 34.1 Å². The van der Waals surface area contributed by atoms with E-state index in [1.807, 2.05) is 0 Å². The minimum atomic E-state index is -4.53. The number of hydrogen-bond donors (Lipinski definition) is 2. The van der Waals surface area contributed by atoms with Gasteiger partial charge in [-0.1, -0.05) is 18.2 Å². The van der Waals surface area contributed by atoms with Crippen LogP contribution in [0.15, 0.2) is 47.1 Å². The maximum Gasteiger partial charge on any atom is 0.433 e. The largest absolute Gasteiger partial charge is 0.433 e. The number of pyridine rings is 1. The van der Waals surface area contributed by atoms with Gasteiger partial charge in [0.1, 0.15) is 5.69 Å². The van der Waals surface area contributed by atoms with Gasteiger partial charge >= 0.3 is 6.18 Å². The van der Waals surface area contributed by atoms with Gasteiger partial charge in [0.15, 0.2) is 0 Å². The lowest BCUT2D eigenvalue weighted by molar-refractivity contribution is -0.141. The molecule has 0 aliphatic heterocycles. The van der Waals surface area contributed by atoms with Gasteiger partial charge in [0.05, 0.1) is 22.3 Å². The zero-order valence-corrected chi connectivity index (χ0v) is 13.2. The molecular formula is C13H9BrF3N3OS. The average Bonchev–Trinajstić information content (AvgIpc) is 2.48. The van der Waals surface area contributed by atoms with Gasteiger partial charge in [0.2, 0.25) is 0 Å². The number of carbonyl (C=O) groups excluding carboxylic acids is 1. The second kappa shape index (κ2) is 7.01. The summed E-state index contributed by atoms with van der Waals surface area (Å²) < 4.78 is 43.2. The van der Waals surface area contributed by atoms with Gasteiger partial charge in [-0.25, -0.2) is 0 Å². The molecule has 116 valence electrons. The molecule has 0 radical (unpaired) electrons. The van der Waals surface area contributed by atoms with Crippen LogP contribution >= 0.6 is 28.1 Å². The van der Waals surface area contributed by atoms with Gasteiger partial charge in [-0.15, -0.1) is 0 Å². The van der Waals surface area contributed by atoms with Gasteiger partial charge in [-0.3, -0.25) is 14.5 Å². The minimum Gasteiger partial charge on any atom is -0.311 e. The Labute approximate surface area is 136 Å². The van der Waals surface area contributed by atoms with E-state index in [1.54, 1.807) is 30.3 Å². The first-order valence-corrected chi connectivity index (χ1v) is 7.49. The first-order chi connectivity index (χ1) is 10.4. The normalized spacial score (nSPS) is 11.1. The summed E-state index contributed by atoms with van der Waals surface area (Å²) in [6.45, 7) is 0. The zero-order valence-electron chi connectivity index (χ0n) is 10.8. The number of hydrogen-bond acceptors (Lipinski definition) is 4. The molecule has 0 bridgehead atoms. The van der Waals surface area contributed by atoms with E-state index in [2.05, 4.69) is 30.4 Å². The van der Waals surface area contributed by atoms with Crippen molar-refractivity contribution >= 4 is 39.7 Å². The van der Waals surface area contributed by atoms with Crippen molar-refractivity contribution < 1.29 is 18.0 Å². The highest BCUT2D eigenvalue weighted by Crippen LogP contribution is 2.32. The smallest absolute Gasteiger partial charge is 0.311 e. The van der Waals surface area contributed by atoms with Crippen LogP contribution in [0.25, 0.3) is 0 Å². The van der Waals surface area contributed by atoms with Crippen LogP contribution in [0.4, 0.5) is 18.9 Å². The number of amides is 1. The van der Waals surface area contributed by atoms with Crippen molar-refractivity contribution in [2.45, 2.75) is 6.18 Å². The predicted octanol–water partition coefficient (Wildman–Crippen LogP) is 4.27. The van der Waals surface area contributed by atoms with E-state index in [9.17, 15) is 18.0 Å². The molecule has 0 saturated heterocycles. The third kappa shape index (κ3) is 4.38. The first-order valence-electron chi connectivity index (χ1n) is 5.88. The topological polar surface area (TPSA) is 54.0 Å². The molecule has 0 saturated carbocycles. The number of alkyl halides is 3. The fourth-order valence-corrected chi connectivity index (χ4v) is 2.43. The summed E-state index contributed by atoms with van der Waals surface area (Å²) >= 11 is 3.86. The van der Waals surface area contributed by atoms with E-state index >= 15 is 0 Å². The first kappa shape index (κ1) is 16.6. The Bertz CT molecular complexity index is 667. The van der Waals surface area contributed by atoms with Crippen molar-refractivity contribution in [1.82, 2.24) is 9.71 Å². The maximum atomic E-state index is 12.6. The van der Waals surface area contributed by atoms with Crippen LogP contribution in [0, 0.1) is 0 Å². The fourth-order valence-electron chi connectivity index (χ4n) is 1.45. The molecule has 0 aliphatic rings. The van der Waals surface area contributed by atoms with E-state index in [1.165, 1.54) is 0 Å². The van der Waals surface area contributed by atoms with Gasteiger partial charge in [0, 0.05) is 11.8 Å². The maximum absolute atomic E-state index is 12.6. The Hall–Kier alpha value is -1.74. The number of benzene rings is 1. The van der Waals surface area contributed by atoms with Crippen LogP contribution in [-0.2, 0) is 6.18 Å². The molecule has 4 nitrogen and oxygen atoms in total. The van der Waals surface area contributed by atoms with E-state index in [-0.39, 0.29) is 11.6 Å². The van der Waals surface area contributed by atoms with Crippen LogP contribution in [0.1, 0.15) is 16.1 Å². The number of aromatic nitrogens is 1. The SMILES string of the molecule is O=C(NSNc1cc(C(F)(F)F)ncc1Br)c1ccccc1. The second-order valence-corrected chi connectivity index (χ2v) is 5.52. The lowest BCUT2D eigenvalue weighted by atomic mass is 10.2. The number of anilines is 1. The summed E-state index contributed by atoms with van der Waals surface area (Å²) in [5, 5.41) is 0. The van der Waals surface area contributed by atoms with Crippen molar-refractivity contribution in [3.8, 4) is 0 Å². The third-order valence-corrected chi connectivity index (χ3v) is 3.73. The molecule has 0 spiro atoms. The van der Waals surface area contributed by atoms with Gasteiger partial charge in [-0.2, -0.15) is 13.2 Å². The molecule has 0 unspecified atom stereocenters. The molecular weight excluding hydrogens is 383 g/mol. The van der Waals surface area contributed by atoms with Crippen LogP contribution in [0.5, 0.6) is 0 Å². The van der Waals surface area contributed by atoms with Crippen molar-refractivity contribution in [3.05, 3.63) is 58.3 Å². The van der Waals surface area contributed by atoms with E-state index in [0.29, 0.717) is 10.0 Å². The summed E-state index contributed by atoms with van der Waals surface area (Å²) in [5.41, 5.74) is -0.421. The average molecular weight is 392 g/mol. The van der Waals surface area contributed by atoms with Crippen molar-refractivity contribution in [3.63, 3.8) is 0 Å². The minimum absolute atomic E-state index is 0.153. The Kier molecular flexibility index (Phi) is 5.30. The fraction of sp³-hybridized carbons (Fsp3) is 0.0769. The number of carbonyl (C=O) groups is 1. The Morgan fingerprint density at radius 3 is 2.55 bits per heavy atom. The van der Waals surface area contributed by atoms with E-state index < -0.39 is 11.9 Å². The predicted molar refractivity (Wildman–Crippen MR) is 82.1 cm³/mol. The number of nitrogens with one attached hydrogen (secondary N) is 2. The lowest BCUT2D eigenvalue weighted by Gasteiger charge is -2.11. The highest BCUT2D eigenvalue weighted by molar-refractivity contribution is 9.10. The third-order valence-electron chi connectivity index (χ3n) is 2.49. The Morgan fingerprint density at radius 1 is 1.23 bits per heavy atom. The quantitative estimate of drug-likeness (QED) is 0.764.